The van der Waals surface area contributed by atoms with Crippen LogP contribution >= 0.6 is 0 Å². The normalized spacial score (nSPS) is 13.5. The molecule has 2 N–H and O–H groups in total. The molecule has 4 nitrogen and oxygen atoms in total. The fourth-order valence-corrected chi connectivity index (χ4v) is 1.77. The molecule has 4 heteroatoms. The standard InChI is InChI=1S/C11H7N3O/c12-11-13-8-5-9(15)6-3-1-2-4-7(6)10(8)14-11/h1-5,12,15H. The molecule has 1 heterocycles. The smallest absolute Gasteiger partial charge is 0.243 e. The van der Waals surface area contributed by atoms with E-state index in [0.29, 0.717) is 10.7 Å². The van der Waals surface area contributed by atoms with Crippen LogP contribution < -0.4 is 10.7 Å². The molecule has 3 rings (SSSR count). The van der Waals surface area contributed by atoms with Crippen molar-refractivity contribution in [1.29, 1.82) is 5.41 Å². The summed E-state index contributed by atoms with van der Waals surface area (Å²) in [6.45, 7) is 0. The van der Waals surface area contributed by atoms with Gasteiger partial charge in [0.2, 0.25) is 5.96 Å². The van der Waals surface area contributed by atoms with Crippen LogP contribution in [0, 0.1) is 5.41 Å². The number of benzene rings is 2. The Labute approximate surface area is 84.7 Å². The van der Waals surface area contributed by atoms with Crippen LogP contribution in [0.4, 0.5) is 0 Å². The van der Waals surface area contributed by atoms with Crippen molar-refractivity contribution in [3.8, 4) is 5.75 Å². The molecule has 15 heavy (non-hydrogen) atoms. The highest BCUT2D eigenvalue weighted by molar-refractivity contribution is 5.90. The third-order valence-electron chi connectivity index (χ3n) is 2.42. The topological polar surface area (TPSA) is 68.8 Å². The first kappa shape index (κ1) is 8.11. The lowest BCUT2D eigenvalue weighted by Gasteiger charge is -1.98. The molecule has 0 aliphatic carbocycles. The van der Waals surface area contributed by atoms with Gasteiger partial charge in [-0.25, -0.2) is 9.98 Å². The Balaban J connectivity index is 2.67. The number of guanidine groups is 1. The predicted octanol–water partition coefficient (Wildman–Crippen LogP) is 0.733. The number of aromatic hydroxyl groups is 1. The second-order valence-electron chi connectivity index (χ2n) is 3.36. The van der Waals surface area contributed by atoms with Gasteiger partial charge in [0, 0.05) is 16.8 Å². The molecule has 0 amide bonds. The van der Waals surface area contributed by atoms with Crippen LogP contribution in [0.15, 0.2) is 40.3 Å². The van der Waals surface area contributed by atoms with Gasteiger partial charge in [-0.15, -0.1) is 0 Å². The molecule has 0 aromatic heterocycles. The van der Waals surface area contributed by atoms with E-state index in [4.69, 9.17) is 5.41 Å². The van der Waals surface area contributed by atoms with Crippen LogP contribution in [0.1, 0.15) is 0 Å². The lowest BCUT2D eigenvalue weighted by Crippen LogP contribution is -2.22. The summed E-state index contributed by atoms with van der Waals surface area (Å²) in [5.74, 6) is 0.166. The number of fused-ring (bicyclic) bond motifs is 3. The van der Waals surface area contributed by atoms with Gasteiger partial charge in [-0.3, -0.25) is 5.41 Å². The monoisotopic (exact) mass is 197 g/mol. The predicted molar refractivity (Wildman–Crippen MR) is 55.7 cm³/mol. The van der Waals surface area contributed by atoms with Gasteiger partial charge >= 0.3 is 0 Å². The molecule has 0 saturated heterocycles. The maximum absolute atomic E-state index is 9.75. The third kappa shape index (κ3) is 1.05. The van der Waals surface area contributed by atoms with Gasteiger partial charge < -0.3 is 5.11 Å². The van der Waals surface area contributed by atoms with E-state index >= 15 is 0 Å². The molecule has 0 bridgehead atoms. The van der Waals surface area contributed by atoms with E-state index in [0.717, 1.165) is 10.8 Å². The Kier molecular flexibility index (Phi) is 1.42. The number of phenols is 1. The molecule has 0 saturated carbocycles. The zero-order valence-corrected chi connectivity index (χ0v) is 7.73. The summed E-state index contributed by atoms with van der Waals surface area (Å²) in [5.41, 5.74) is 0. The number of rotatable bonds is 0. The molecule has 0 spiro atoms. The number of phenolic OH excluding ortho intramolecular Hbond substituents is 1. The third-order valence-corrected chi connectivity index (χ3v) is 2.42. The van der Waals surface area contributed by atoms with Crippen LogP contribution in [0.3, 0.4) is 0 Å². The minimum atomic E-state index is -0.0132. The Morgan fingerprint density at radius 2 is 1.80 bits per heavy atom. The first-order valence-corrected chi connectivity index (χ1v) is 4.52. The summed E-state index contributed by atoms with van der Waals surface area (Å²) < 4.78 is 0. The van der Waals surface area contributed by atoms with Crippen LogP contribution in [0.2, 0.25) is 0 Å². The van der Waals surface area contributed by atoms with Gasteiger partial charge in [-0.1, -0.05) is 24.3 Å². The van der Waals surface area contributed by atoms with Crippen molar-refractivity contribution in [2.45, 2.75) is 0 Å². The summed E-state index contributed by atoms with van der Waals surface area (Å²) >= 11 is 0. The summed E-state index contributed by atoms with van der Waals surface area (Å²) in [6, 6.07) is 8.96. The Bertz CT molecular complexity index is 704. The molecule has 1 aliphatic heterocycles. The zero-order valence-electron chi connectivity index (χ0n) is 7.73. The van der Waals surface area contributed by atoms with Gasteiger partial charge in [0.05, 0.1) is 5.36 Å². The fraction of sp³-hybridized carbons (Fsp3) is 0. The van der Waals surface area contributed by atoms with E-state index in [9.17, 15) is 5.11 Å². The highest BCUT2D eigenvalue weighted by Crippen LogP contribution is 2.19. The van der Waals surface area contributed by atoms with Crippen molar-refractivity contribution in [3.63, 3.8) is 0 Å². The van der Waals surface area contributed by atoms with Crippen LogP contribution in [0.5, 0.6) is 5.75 Å². The lowest BCUT2D eigenvalue weighted by molar-refractivity contribution is 0.481. The fourth-order valence-electron chi connectivity index (χ4n) is 1.77. The molecular formula is C11H7N3O. The lowest BCUT2D eigenvalue weighted by atomic mass is 10.1. The Morgan fingerprint density at radius 3 is 2.60 bits per heavy atom. The van der Waals surface area contributed by atoms with Crippen molar-refractivity contribution in [1.82, 2.24) is 0 Å². The minimum Gasteiger partial charge on any atom is -0.507 e. The molecule has 0 radical (unpaired) electrons. The van der Waals surface area contributed by atoms with Crippen molar-refractivity contribution < 1.29 is 5.11 Å². The van der Waals surface area contributed by atoms with E-state index in [1.807, 2.05) is 24.3 Å². The Morgan fingerprint density at radius 1 is 1.07 bits per heavy atom. The first-order valence-electron chi connectivity index (χ1n) is 4.52. The first-order chi connectivity index (χ1) is 7.25. The average molecular weight is 197 g/mol. The molecule has 0 atom stereocenters. The quantitative estimate of drug-likeness (QED) is 0.642. The second kappa shape index (κ2) is 2.63. The maximum atomic E-state index is 9.75. The number of hydrogen-bond donors (Lipinski definition) is 2. The van der Waals surface area contributed by atoms with Crippen LogP contribution in [0.25, 0.3) is 10.8 Å². The van der Waals surface area contributed by atoms with Crippen molar-refractivity contribution in [2.75, 3.05) is 0 Å². The van der Waals surface area contributed by atoms with Gasteiger partial charge in [-0.2, -0.15) is 0 Å². The minimum absolute atomic E-state index is 0.0132. The van der Waals surface area contributed by atoms with Crippen molar-refractivity contribution in [2.24, 2.45) is 9.98 Å². The summed E-state index contributed by atoms with van der Waals surface area (Å²) in [5, 5.41) is 19.9. The van der Waals surface area contributed by atoms with Crippen LogP contribution in [-0.2, 0) is 0 Å². The number of nitrogens with one attached hydrogen (secondary N) is 1. The second-order valence-corrected chi connectivity index (χ2v) is 3.36. The highest BCUT2D eigenvalue weighted by Gasteiger charge is 2.08. The highest BCUT2D eigenvalue weighted by atomic mass is 16.3. The van der Waals surface area contributed by atoms with E-state index < -0.39 is 0 Å². The Hall–Kier alpha value is -2.23. The molecule has 2 aromatic carbocycles. The van der Waals surface area contributed by atoms with Crippen molar-refractivity contribution >= 4 is 16.7 Å². The van der Waals surface area contributed by atoms with Gasteiger partial charge in [0.25, 0.3) is 0 Å². The average Bonchev–Trinajstić information content (AvgIpc) is 2.59. The van der Waals surface area contributed by atoms with E-state index in [2.05, 4.69) is 9.98 Å². The van der Waals surface area contributed by atoms with Gasteiger partial charge in [-0.05, 0) is 0 Å². The molecule has 2 aromatic rings. The number of nitrogens with zero attached hydrogens (tertiary/aromatic N) is 2. The summed E-state index contributed by atoms with van der Waals surface area (Å²) in [7, 11) is 0. The molecule has 0 unspecified atom stereocenters. The summed E-state index contributed by atoms with van der Waals surface area (Å²) in [6.07, 6.45) is 0. The van der Waals surface area contributed by atoms with Crippen LogP contribution in [-0.4, -0.2) is 11.1 Å². The number of hydrogen-bond acceptors (Lipinski definition) is 2. The van der Waals surface area contributed by atoms with E-state index in [1.165, 1.54) is 0 Å². The zero-order chi connectivity index (χ0) is 10.4. The largest absolute Gasteiger partial charge is 0.507 e. The molecule has 72 valence electrons. The van der Waals surface area contributed by atoms with Gasteiger partial charge in [0.1, 0.15) is 11.1 Å². The molecular weight excluding hydrogens is 190 g/mol. The maximum Gasteiger partial charge on any atom is 0.243 e. The van der Waals surface area contributed by atoms with Crippen molar-refractivity contribution in [3.05, 3.63) is 41.0 Å². The van der Waals surface area contributed by atoms with E-state index in [1.54, 1.807) is 6.07 Å². The molecule has 0 fully saturated rings. The SMILES string of the molecule is N=C1N=c2cc(O)c3ccccc3c2=N1. The van der Waals surface area contributed by atoms with Gasteiger partial charge in [0.15, 0.2) is 0 Å². The summed E-state index contributed by atoms with van der Waals surface area (Å²) in [4.78, 5) is 7.95. The molecule has 1 aliphatic rings. The van der Waals surface area contributed by atoms with E-state index in [-0.39, 0.29) is 11.7 Å².